The van der Waals surface area contributed by atoms with Crippen molar-refractivity contribution < 1.29 is 14.7 Å². The van der Waals surface area contributed by atoms with Gasteiger partial charge < -0.3 is 14.8 Å². The number of rotatable bonds is 2. The van der Waals surface area contributed by atoms with Gasteiger partial charge in [-0.05, 0) is 24.0 Å². The highest BCUT2D eigenvalue weighted by Crippen LogP contribution is 2.29. The van der Waals surface area contributed by atoms with E-state index in [0.717, 1.165) is 12.8 Å². The first kappa shape index (κ1) is 11.3. The van der Waals surface area contributed by atoms with Crippen molar-refractivity contribution in [2.75, 3.05) is 6.54 Å². The molecule has 0 N–H and O–H groups in total. The molecule has 0 bridgehead atoms. The van der Waals surface area contributed by atoms with E-state index in [1.165, 1.54) is 11.1 Å². The highest BCUT2D eigenvalue weighted by molar-refractivity contribution is 5.85. The van der Waals surface area contributed by atoms with Gasteiger partial charge in [0.05, 0.1) is 0 Å². The number of carboxylic acids is 1. The van der Waals surface area contributed by atoms with Crippen LogP contribution in [0.5, 0.6) is 0 Å². The number of hydrogen-bond acceptors (Lipinski definition) is 3. The molecule has 4 heteroatoms. The number of carboxylic acid groups (broad SMARTS) is 1. The number of carbonyl (C=O) groups is 2. The van der Waals surface area contributed by atoms with Gasteiger partial charge in [0, 0.05) is 30.9 Å². The van der Waals surface area contributed by atoms with Crippen molar-refractivity contribution in [1.29, 1.82) is 0 Å². The molecule has 4 nitrogen and oxygen atoms in total. The second-order valence-corrected chi connectivity index (χ2v) is 5.10. The summed E-state index contributed by atoms with van der Waals surface area (Å²) < 4.78 is 0. The molecule has 0 aromatic heterocycles. The number of benzene rings is 1. The highest BCUT2D eigenvalue weighted by Gasteiger charge is 2.37. The molecule has 1 aliphatic heterocycles. The van der Waals surface area contributed by atoms with Crippen LogP contribution in [0.25, 0.3) is 0 Å². The van der Waals surface area contributed by atoms with Crippen molar-refractivity contribution in [3.63, 3.8) is 0 Å². The second-order valence-electron chi connectivity index (χ2n) is 5.10. The Hall–Kier alpha value is -1.84. The van der Waals surface area contributed by atoms with E-state index in [4.69, 9.17) is 0 Å². The van der Waals surface area contributed by atoms with Gasteiger partial charge in [-0.1, -0.05) is 24.3 Å². The lowest BCUT2D eigenvalue weighted by atomic mass is 10.1. The molecule has 1 saturated heterocycles. The van der Waals surface area contributed by atoms with E-state index in [-0.39, 0.29) is 18.4 Å². The Morgan fingerprint density at radius 2 is 1.78 bits per heavy atom. The van der Waals surface area contributed by atoms with E-state index in [1.54, 1.807) is 4.90 Å². The normalized spacial score (nSPS) is 23.4. The predicted molar refractivity (Wildman–Crippen MR) is 62.5 cm³/mol. The molecule has 0 unspecified atom stereocenters. The number of aliphatic carboxylic acids is 1. The zero-order valence-corrected chi connectivity index (χ0v) is 9.96. The lowest BCUT2D eigenvalue weighted by Crippen LogP contribution is -2.39. The Kier molecular flexibility index (Phi) is 2.58. The summed E-state index contributed by atoms with van der Waals surface area (Å²) in [5.41, 5.74) is 2.54. The van der Waals surface area contributed by atoms with Gasteiger partial charge in [-0.25, -0.2) is 0 Å². The van der Waals surface area contributed by atoms with Crippen LogP contribution in [0.1, 0.15) is 17.5 Å². The third kappa shape index (κ3) is 1.78. The predicted octanol–water partition coefficient (Wildman–Crippen LogP) is -0.248. The summed E-state index contributed by atoms with van der Waals surface area (Å²) in [4.78, 5) is 24.4. The fourth-order valence-corrected chi connectivity index (χ4v) is 3.00. The van der Waals surface area contributed by atoms with Gasteiger partial charge >= 0.3 is 0 Å². The lowest BCUT2D eigenvalue weighted by Gasteiger charge is -2.24. The van der Waals surface area contributed by atoms with E-state index in [9.17, 15) is 14.7 Å². The fourth-order valence-electron chi connectivity index (χ4n) is 3.00. The molecule has 0 spiro atoms. The minimum Gasteiger partial charge on any atom is -0.550 e. The molecule has 0 radical (unpaired) electrons. The van der Waals surface area contributed by atoms with Gasteiger partial charge in [0.15, 0.2) is 0 Å². The quantitative estimate of drug-likeness (QED) is 0.721. The molecule has 1 aromatic rings. The third-order valence-electron chi connectivity index (χ3n) is 3.96. The maximum Gasteiger partial charge on any atom is 0.223 e. The van der Waals surface area contributed by atoms with Crippen LogP contribution in [0.2, 0.25) is 0 Å². The smallest absolute Gasteiger partial charge is 0.223 e. The average molecular weight is 244 g/mol. The van der Waals surface area contributed by atoms with Crippen molar-refractivity contribution in [3.8, 4) is 0 Å². The number of amides is 1. The van der Waals surface area contributed by atoms with Crippen LogP contribution in [-0.4, -0.2) is 29.4 Å². The average Bonchev–Trinajstić information content (AvgIpc) is 2.91. The van der Waals surface area contributed by atoms with Crippen molar-refractivity contribution >= 4 is 11.9 Å². The van der Waals surface area contributed by atoms with Crippen molar-refractivity contribution in [2.24, 2.45) is 5.92 Å². The Balaban J connectivity index is 1.75. The SMILES string of the molecule is O=C([O-])[C@H]1CC(=O)N(C2Cc3ccccc3C2)C1. The summed E-state index contributed by atoms with van der Waals surface area (Å²) >= 11 is 0. The van der Waals surface area contributed by atoms with Crippen LogP contribution in [0.4, 0.5) is 0 Å². The topological polar surface area (TPSA) is 60.4 Å². The Bertz CT molecular complexity index is 487. The molecule has 3 rings (SSSR count). The van der Waals surface area contributed by atoms with Gasteiger partial charge in [0.2, 0.25) is 5.91 Å². The molecule has 1 aromatic carbocycles. The maximum absolute atomic E-state index is 11.9. The number of nitrogens with zero attached hydrogens (tertiary/aromatic N) is 1. The Morgan fingerprint density at radius 1 is 1.17 bits per heavy atom. The van der Waals surface area contributed by atoms with Gasteiger partial charge in [0.1, 0.15) is 0 Å². The largest absolute Gasteiger partial charge is 0.550 e. The van der Waals surface area contributed by atoms with Crippen LogP contribution >= 0.6 is 0 Å². The van der Waals surface area contributed by atoms with Crippen molar-refractivity contribution in [3.05, 3.63) is 35.4 Å². The van der Waals surface area contributed by atoms with Crippen molar-refractivity contribution in [1.82, 2.24) is 4.90 Å². The fraction of sp³-hybridized carbons (Fsp3) is 0.429. The van der Waals surface area contributed by atoms with E-state index >= 15 is 0 Å². The molecule has 1 fully saturated rings. The number of hydrogen-bond donors (Lipinski definition) is 0. The minimum atomic E-state index is -1.11. The van der Waals surface area contributed by atoms with Gasteiger partial charge in [-0.15, -0.1) is 0 Å². The number of likely N-dealkylation sites (tertiary alicyclic amines) is 1. The van der Waals surface area contributed by atoms with Gasteiger partial charge in [0.25, 0.3) is 0 Å². The third-order valence-corrected chi connectivity index (χ3v) is 3.96. The first-order valence-electron chi connectivity index (χ1n) is 6.22. The van der Waals surface area contributed by atoms with E-state index in [1.807, 2.05) is 12.1 Å². The zero-order valence-electron chi connectivity index (χ0n) is 9.96. The summed E-state index contributed by atoms with van der Waals surface area (Å²) in [6.45, 7) is 0.305. The zero-order chi connectivity index (χ0) is 12.7. The first-order chi connectivity index (χ1) is 8.65. The first-order valence-corrected chi connectivity index (χ1v) is 6.22. The van der Waals surface area contributed by atoms with Gasteiger partial charge in [-0.2, -0.15) is 0 Å². The molecule has 0 saturated carbocycles. The number of carbonyl (C=O) groups excluding carboxylic acids is 2. The Morgan fingerprint density at radius 3 is 2.28 bits per heavy atom. The Labute approximate surface area is 105 Å². The molecular formula is C14H14NO3-. The molecule has 1 heterocycles. The van der Waals surface area contributed by atoms with E-state index in [2.05, 4.69) is 12.1 Å². The standard InChI is InChI=1S/C14H15NO3/c16-13-7-11(14(17)18)8-15(13)12-5-9-3-1-2-4-10(9)6-12/h1-4,11-12H,5-8H2,(H,17,18)/p-1/t11-/m0/s1. The van der Waals surface area contributed by atoms with Crippen LogP contribution in [0.15, 0.2) is 24.3 Å². The summed E-state index contributed by atoms with van der Waals surface area (Å²) in [5, 5.41) is 10.8. The number of fused-ring (bicyclic) bond motifs is 1. The van der Waals surface area contributed by atoms with Crippen LogP contribution in [0.3, 0.4) is 0 Å². The summed E-state index contributed by atoms with van der Waals surface area (Å²) in [7, 11) is 0. The molecule has 18 heavy (non-hydrogen) atoms. The molecular weight excluding hydrogens is 230 g/mol. The molecule has 1 atom stereocenters. The monoisotopic (exact) mass is 244 g/mol. The van der Waals surface area contributed by atoms with E-state index < -0.39 is 11.9 Å². The molecule has 2 aliphatic rings. The van der Waals surface area contributed by atoms with Gasteiger partial charge in [-0.3, -0.25) is 4.79 Å². The second kappa shape index (κ2) is 4.12. The summed E-state index contributed by atoms with van der Waals surface area (Å²) in [5.74, 6) is -1.80. The summed E-state index contributed by atoms with van der Waals surface area (Å²) in [6, 6.07) is 8.27. The molecule has 1 aliphatic carbocycles. The highest BCUT2D eigenvalue weighted by atomic mass is 16.4. The van der Waals surface area contributed by atoms with E-state index in [0.29, 0.717) is 6.54 Å². The lowest BCUT2D eigenvalue weighted by molar-refractivity contribution is -0.311. The molecule has 94 valence electrons. The van der Waals surface area contributed by atoms with Crippen LogP contribution in [0, 0.1) is 5.92 Å². The van der Waals surface area contributed by atoms with Crippen LogP contribution < -0.4 is 5.11 Å². The minimum absolute atomic E-state index is 0.0537. The molecule has 1 amide bonds. The van der Waals surface area contributed by atoms with Crippen LogP contribution in [-0.2, 0) is 22.4 Å². The van der Waals surface area contributed by atoms with Crippen molar-refractivity contribution in [2.45, 2.75) is 25.3 Å². The summed E-state index contributed by atoms with van der Waals surface area (Å²) in [6.07, 6.45) is 1.76. The maximum atomic E-state index is 11.9.